The second kappa shape index (κ2) is 8.73. The summed E-state index contributed by atoms with van der Waals surface area (Å²) in [6, 6.07) is 11.4. The first kappa shape index (κ1) is 20.5. The number of carbonyl (C=O) groups is 1. The molecule has 0 unspecified atom stereocenters. The number of nitrogens with zero attached hydrogens (tertiary/aromatic N) is 2. The highest BCUT2D eigenvalue weighted by molar-refractivity contribution is 7.92. The van der Waals surface area contributed by atoms with Crippen LogP contribution in [0.5, 0.6) is 0 Å². The Hall–Kier alpha value is -1.80. The molecule has 1 amide bonds. The minimum Gasteiger partial charge on any atom is -0.271 e. The van der Waals surface area contributed by atoms with Gasteiger partial charge in [0.05, 0.1) is 28.2 Å². The van der Waals surface area contributed by atoms with E-state index < -0.39 is 22.5 Å². The summed E-state index contributed by atoms with van der Waals surface area (Å²) >= 11 is 17.8. The molecule has 0 aliphatic heterocycles. The van der Waals surface area contributed by atoms with Gasteiger partial charge in [-0.1, -0.05) is 53.0 Å². The van der Waals surface area contributed by atoms with Crippen molar-refractivity contribution in [1.82, 2.24) is 5.43 Å². The van der Waals surface area contributed by atoms with Crippen molar-refractivity contribution in [2.45, 2.75) is 0 Å². The average Bonchev–Trinajstić information content (AvgIpc) is 2.55. The number of halogens is 3. The first-order valence-corrected chi connectivity index (χ1v) is 10.2. The van der Waals surface area contributed by atoms with Crippen molar-refractivity contribution < 1.29 is 13.2 Å². The van der Waals surface area contributed by atoms with Crippen molar-refractivity contribution in [3.8, 4) is 0 Å². The van der Waals surface area contributed by atoms with Crippen molar-refractivity contribution >= 4 is 62.6 Å². The van der Waals surface area contributed by atoms with Crippen LogP contribution in [-0.4, -0.2) is 33.3 Å². The third kappa shape index (κ3) is 5.60. The predicted molar refractivity (Wildman–Crippen MR) is 106 cm³/mol. The highest BCUT2D eigenvalue weighted by Gasteiger charge is 2.23. The Morgan fingerprint density at radius 1 is 1.19 bits per heavy atom. The zero-order valence-electron chi connectivity index (χ0n) is 13.5. The summed E-state index contributed by atoms with van der Waals surface area (Å²) in [7, 11) is -3.78. The molecule has 0 aromatic heterocycles. The van der Waals surface area contributed by atoms with Crippen LogP contribution in [0.15, 0.2) is 47.6 Å². The fraction of sp³-hybridized carbons (Fsp3) is 0.125. The van der Waals surface area contributed by atoms with Gasteiger partial charge in [0.15, 0.2) is 0 Å². The number of hydrogen-bond donors (Lipinski definition) is 1. The van der Waals surface area contributed by atoms with E-state index in [1.165, 1.54) is 24.4 Å². The zero-order chi connectivity index (χ0) is 19.3. The zero-order valence-corrected chi connectivity index (χ0v) is 16.6. The summed E-state index contributed by atoms with van der Waals surface area (Å²) in [5.74, 6) is -0.648. The van der Waals surface area contributed by atoms with Crippen LogP contribution < -0.4 is 9.73 Å². The Morgan fingerprint density at radius 2 is 1.88 bits per heavy atom. The largest absolute Gasteiger partial charge is 0.271 e. The predicted octanol–water partition coefficient (Wildman–Crippen LogP) is 3.56. The molecule has 0 saturated carbocycles. The van der Waals surface area contributed by atoms with Crippen molar-refractivity contribution in [2.24, 2.45) is 5.10 Å². The number of benzene rings is 2. The van der Waals surface area contributed by atoms with E-state index in [0.29, 0.717) is 10.6 Å². The van der Waals surface area contributed by atoms with Gasteiger partial charge in [-0.3, -0.25) is 9.10 Å². The van der Waals surface area contributed by atoms with E-state index in [1.54, 1.807) is 24.3 Å². The molecule has 0 atom stereocenters. The van der Waals surface area contributed by atoms with Crippen LogP contribution in [-0.2, 0) is 14.8 Å². The number of hydrazone groups is 1. The molecule has 2 aromatic rings. The van der Waals surface area contributed by atoms with Crippen LogP contribution in [0, 0.1) is 0 Å². The molecule has 0 spiro atoms. The Kier molecular flexibility index (Phi) is 6.88. The Balaban J connectivity index is 2.14. The minimum atomic E-state index is -3.78. The molecule has 0 heterocycles. The lowest BCUT2D eigenvalue weighted by Gasteiger charge is -2.22. The molecule has 0 radical (unpaired) electrons. The summed E-state index contributed by atoms with van der Waals surface area (Å²) in [6.07, 6.45) is 2.35. The molecule has 0 saturated heterocycles. The van der Waals surface area contributed by atoms with E-state index >= 15 is 0 Å². The third-order valence-electron chi connectivity index (χ3n) is 3.14. The van der Waals surface area contributed by atoms with Crippen LogP contribution in [0.2, 0.25) is 15.1 Å². The first-order chi connectivity index (χ1) is 12.2. The summed E-state index contributed by atoms with van der Waals surface area (Å²) in [6.45, 7) is -0.508. The van der Waals surface area contributed by atoms with Crippen LogP contribution in [0.25, 0.3) is 0 Å². The van der Waals surface area contributed by atoms with Crippen molar-refractivity contribution in [1.29, 1.82) is 0 Å². The summed E-state index contributed by atoms with van der Waals surface area (Å²) < 4.78 is 25.0. The SMILES string of the molecule is CS(=O)(=O)N(CC(=O)N/N=C\c1cccc(Cl)c1)c1cccc(Cl)c1Cl. The summed E-state index contributed by atoms with van der Waals surface area (Å²) in [5, 5.41) is 4.53. The van der Waals surface area contributed by atoms with E-state index in [0.717, 1.165) is 10.6 Å². The van der Waals surface area contributed by atoms with Crippen molar-refractivity contribution in [3.63, 3.8) is 0 Å². The molecule has 6 nitrogen and oxygen atoms in total. The molecule has 138 valence electrons. The van der Waals surface area contributed by atoms with Crippen LogP contribution >= 0.6 is 34.8 Å². The van der Waals surface area contributed by atoms with Crippen LogP contribution in [0.4, 0.5) is 5.69 Å². The maximum absolute atomic E-state index is 12.1. The van der Waals surface area contributed by atoms with E-state index in [9.17, 15) is 13.2 Å². The monoisotopic (exact) mass is 433 g/mol. The number of rotatable bonds is 6. The van der Waals surface area contributed by atoms with E-state index in [1.807, 2.05) is 0 Å². The van der Waals surface area contributed by atoms with Gasteiger partial charge in [0.25, 0.3) is 5.91 Å². The number of sulfonamides is 1. The molecule has 10 heteroatoms. The van der Waals surface area contributed by atoms with Gasteiger partial charge in [-0.25, -0.2) is 13.8 Å². The second-order valence-corrected chi connectivity index (χ2v) is 8.32. The average molecular weight is 435 g/mol. The Morgan fingerprint density at radius 3 is 2.54 bits per heavy atom. The van der Waals surface area contributed by atoms with Gasteiger partial charge in [0, 0.05) is 5.02 Å². The fourth-order valence-corrected chi connectivity index (χ4v) is 3.51. The molecule has 0 aliphatic rings. The molecular formula is C16H14Cl3N3O3S. The van der Waals surface area contributed by atoms with Gasteiger partial charge in [0.1, 0.15) is 6.54 Å². The van der Waals surface area contributed by atoms with Crippen molar-refractivity contribution in [2.75, 3.05) is 17.1 Å². The molecule has 26 heavy (non-hydrogen) atoms. The third-order valence-corrected chi connectivity index (χ3v) is 5.31. The molecule has 0 bridgehead atoms. The quantitative estimate of drug-likeness (QED) is 0.558. The van der Waals surface area contributed by atoms with Gasteiger partial charge in [-0.05, 0) is 29.8 Å². The Labute approximate surface area is 166 Å². The van der Waals surface area contributed by atoms with Crippen LogP contribution in [0.3, 0.4) is 0 Å². The molecular weight excluding hydrogens is 421 g/mol. The maximum atomic E-state index is 12.1. The van der Waals surface area contributed by atoms with Crippen molar-refractivity contribution in [3.05, 3.63) is 63.1 Å². The number of amides is 1. The van der Waals surface area contributed by atoms with Gasteiger partial charge < -0.3 is 0 Å². The number of hydrogen-bond acceptors (Lipinski definition) is 4. The highest BCUT2D eigenvalue weighted by Crippen LogP contribution is 2.33. The van der Waals surface area contributed by atoms with Crippen LogP contribution in [0.1, 0.15) is 5.56 Å². The lowest BCUT2D eigenvalue weighted by molar-refractivity contribution is -0.119. The smallest absolute Gasteiger partial charge is 0.260 e. The molecule has 2 rings (SSSR count). The highest BCUT2D eigenvalue weighted by atomic mass is 35.5. The molecule has 1 N–H and O–H groups in total. The number of carbonyl (C=O) groups excluding carboxylic acids is 1. The van der Waals surface area contributed by atoms with Gasteiger partial charge in [0.2, 0.25) is 10.0 Å². The minimum absolute atomic E-state index is 0.0369. The van der Waals surface area contributed by atoms with E-state index in [-0.39, 0.29) is 15.7 Å². The summed E-state index contributed by atoms with van der Waals surface area (Å²) in [5.41, 5.74) is 3.05. The molecule has 0 aliphatic carbocycles. The van der Waals surface area contributed by atoms with Gasteiger partial charge in [-0.2, -0.15) is 5.10 Å². The number of anilines is 1. The second-order valence-electron chi connectivity index (χ2n) is 5.19. The van der Waals surface area contributed by atoms with E-state index in [4.69, 9.17) is 34.8 Å². The lowest BCUT2D eigenvalue weighted by Crippen LogP contribution is -2.39. The first-order valence-electron chi connectivity index (χ1n) is 7.17. The van der Waals surface area contributed by atoms with Gasteiger partial charge >= 0.3 is 0 Å². The lowest BCUT2D eigenvalue weighted by atomic mass is 10.2. The summed E-state index contributed by atoms with van der Waals surface area (Å²) in [4.78, 5) is 12.1. The number of nitrogens with one attached hydrogen (secondary N) is 1. The molecule has 0 fully saturated rings. The van der Waals surface area contributed by atoms with Gasteiger partial charge in [-0.15, -0.1) is 0 Å². The Bertz CT molecular complexity index is 949. The molecule has 2 aromatic carbocycles. The topological polar surface area (TPSA) is 78.8 Å². The fourth-order valence-electron chi connectivity index (χ4n) is 2.00. The van der Waals surface area contributed by atoms with E-state index in [2.05, 4.69) is 10.5 Å². The maximum Gasteiger partial charge on any atom is 0.260 e. The standard InChI is InChI=1S/C16H14Cl3N3O3S/c1-26(24,25)22(14-7-3-6-13(18)16(14)19)10-15(23)21-20-9-11-4-2-5-12(17)8-11/h2-9H,10H2,1H3,(H,21,23)/b20-9-. The normalized spacial score (nSPS) is 11.5.